The minimum atomic E-state index is 0. The van der Waals surface area contributed by atoms with Gasteiger partial charge in [0.2, 0.25) is 0 Å². The first-order valence-corrected chi connectivity index (χ1v) is 2.00. The summed E-state index contributed by atoms with van der Waals surface area (Å²) in [6, 6.07) is 0. The maximum Gasteiger partial charge on any atom is 1.00 e. The molecule has 32 valence electrons. The third-order valence-corrected chi connectivity index (χ3v) is 0.498. The van der Waals surface area contributed by atoms with Gasteiger partial charge in [0.1, 0.15) is 0 Å². The molecule has 0 atom stereocenters. The van der Waals surface area contributed by atoms with Crippen LogP contribution in [0.3, 0.4) is 0 Å². The Hall–Kier alpha value is 2.01. The van der Waals surface area contributed by atoms with Crippen LogP contribution in [0.5, 0.6) is 0 Å². The summed E-state index contributed by atoms with van der Waals surface area (Å²) in [7, 11) is 0. The van der Waals surface area contributed by atoms with Crippen molar-refractivity contribution in [3.63, 3.8) is 0 Å². The van der Waals surface area contributed by atoms with Crippen molar-refractivity contribution in [2.24, 2.45) is 0 Å². The molecule has 0 amide bonds. The zero-order valence-corrected chi connectivity index (χ0v) is 10.8. The summed E-state index contributed by atoms with van der Waals surface area (Å²) in [6.45, 7) is 2.11. The SMILES string of the molecule is CCCC[O-].[Cs+]. The average molecular weight is 206 g/mol. The zero-order valence-electron chi connectivity index (χ0n) is 4.53. The van der Waals surface area contributed by atoms with Gasteiger partial charge in [-0.3, -0.25) is 0 Å². The van der Waals surface area contributed by atoms with E-state index in [1.54, 1.807) is 0 Å². The van der Waals surface area contributed by atoms with Crippen molar-refractivity contribution in [2.75, 3.05) is 6.61 Å². The van der Waals surface area contributed by atoms with Crippen molar-refractivity contribution < 1.29 is 74.0 Å². The van der Waals surface area contributed by atoms with Gasteiger partial charge < -0.3 is 5.11 Å². The van der Waals surface area contributed by atoms with Crippen LogP contribution in [0.25, 0.3) is 0 Å². The van der Waals surface area contributed by atoms with E-state index in [1.165, 1.54) is 0 Å². The maximum atomic E-state index is 9.53. The van der Waals surface area contributed by atoms with Crippen LogP contribution < -0.4 is 74.0 Å². The molecular formula is C4H9CsO. The summed E-state index contributed by atoms with van der Waals surface area (Å²) in [5, 5.41) is 9.53. The van der Waals surface area contributed by atoms with Gasteiger partial charge in [0, 0.05) is 0 Å². The smallest absolute Gasteiger partial charge is 0.854 e. The number of hydrogen-bond acceptors (Lipinski definition) is 1. The molecule has 0 fully saturated rings. The summed E-state index contributed by atoms with van der Waals surface area (Å²) >= 11 is 0. The van der Waals surface area contributed by atoms with Crippen molar-refractivity contribution in [3.8, 4) is 0 Å². The summed E-state index contributed by atoms with van der Waals surface area (Å²) in [4.78, 5) is 0. The molecule has 0 saturated carbocycles. The van der Waals surface area contributed by atoms with Crippen LogP contribution in [0.1, 0.15) is 19.8 Å². The molecule has 0 bridgehead atoms. The molecule has 0 rings (SSSR count). The van der Waals surface area contributed by atoms with Crippen LogP contribution >= 0.6 is 0 Å². The largest absolute Gasteiger partial charge is 1.00 e. The standard InChI is InChI=1S/C4H9O.Cs/c1-2-3-4-5;/h2-4H2,1H3;/q-1;+1. The fourth-order valence-electron chi connectivity index (χ4n) is 0.144. The predicted molar refractivity (Wildman–Crippen MR) is 19.8 cm³/mol. The number of rotatable bonds is 2. The molecule has 1 nitrogen and oxygen atoms in total. The van der Waals surface area contributed by atoms with E-state index in [4.69, 9.17) is 0 Å². The van der Waals surface area contributed by atoms with E-state index in [0.717, 1.165) is 12.8 Å². The van der Waals surface area contributed by atoms with E-state index in [1.807, 2.05) is 6.92 Å². The van der Waals surface area contributed by atoms with Gasteiger partial charge >= 0.3 is 68.9 Å². The van der Waals surface area contributed by atoms with Crippen LogP contribution in [0.15, 0.2) is 0 Å². The van der Waals surface area contributed by atoms with Crippen molar-refractivity contribution in [3.05, 3.63) is 0 Å². The van der Waals surface area contributed by atoms with E-state index >= 15 is 0 Å². The monoisotopic (exact) mass is 206 g/mol. The Morgan fingerprint density at radius 2 is 2.00 bits per heavy atom. The Morgan fingerprint density at radius 3 is 2.00 bits per heavy atom. The van der Waals surface area contributed by atoms with Crippen LogP contribution in [0.4, 0.5) is 0 Å². The molecule has 0 saturated heterocycles. The normalized spacial score (nSPS) is 7.00. The first kappa shape index (κ1) is 10.9. The second-order valence-corrected chi connectivity index (χ2v) is 1.06. The number of unbranched alkanes of at least 4 members (excludes halogenated alkanes) is 1. The van der Waals surface area contributed by atoms with E-state index in [-0.39, 0.29) is 75.5 Å². The van der Waals surface area contributed by atoms with Gasteiger partial charge in [0.15, 0.2) is 0 Å². The Kier molecular flexibility index (Phi) is 18.3. The van der Waals surface area contributed by atoms with Gasteiger partial charge in [-0.1, -0.05) is 19.8 Å². The first-order chi connectivity index (χ1) is 2.41. The molecule has 0 N–H and O–H groups in total. The Labute approximate surface area is 97.9 Å². The summed E-state index contributed by atoms with van der Waals surface area (Å²) < 4.78 is 0. The van der Waals surface area contributed by atoms with Crippen molar-refractivity contribution in [1.29, 1.82) is 0 Å². The Bertz CT molecular complexity index is 15.0. The van der Waals surface area contributed by atoms with Crippen LogP contribution in [0.2, 0.25) is 0 Å². The molecule has 0 spiro atoms. The molecule has 0 aliphatic heterocycles. The van der Waals surface area contributed by atoms with Crippen LogP contribution in [-0.2, 0) is 0 Å². The second kappa shape index (κ2) is 10.1. The van der Waals surface area contributed by atoms with Gasteiger partial charge in [-0.05, 0) is 0 Å². The van der Waals surface area contributed by atoms with E-state index in [9.17, 15) is 5.11 Å². The van der Waals surface area contributed by atoms with Gasteiger partial charge in [0.05, 0.1) is 0 Å². The average Bonchev–Trinajstić information content (AvgIpc) is 1.41. The molecular weight excluding hydrogens is 197 g/mol. The van der Waals surface area contributed by atoms with Gasteiger partial charge in [-0.25, -0.2) is 0 Å². The van der Waals surface area contributed by atoms with Crippen LogP contribution in [0, 0.1) is 0 Å². The minimum absolute atomic E-state index is 0. The topological polar surface area (TPSA) is 23.1 Å². The molecule has 0 aromatic carbocycles. The van der Waals surface area contributed by atoms with Crippen molar-refractivity contribution >= 4 is 0 Å². The van der Waals surface area contributed by atoms with Crippen molar-refractivity contribution in [2.45, 2.75) is 19.8 Å². The molecule has 0 radical (unpaired) electrons. The van der Waals surface area contributed by atoms with E-state index in [0.29, 0.717) is 0 Å². The molecule has 2 heteroatoms. The fraction of sp³-hybridized carbons (Fsp3) is 1.00. The third kappa shape index (κ3) is 9.38. The summed E-state index contributed by atoms with van der Waals surface area (Å²) in [6.07, 6.45) is 1.86. The zero-order chi connectivity index (χ0) is 4.12. The van der Waals surface area contributed by atoms with Gasteiger partial charge in [-0.2, -0.15) is 0 Å². The minimum Gasteiger partial charge on any atom is -0.854 e. The van der Waals surface area contributed by atoms with Gasteiger partial charge in [-0.15, -0.1) is 6.61 Å². The van der Waals surface area contributed by atoms with Crippen LogP contribution in [-0.4, -0.2) is 6.61 Å². The Balaban J connectivity index is 0. The van der Waals surface area contributed by atoms with E-state index in [2.05, 4.69) is 0 Å². The summed E-state index contributed by atoms with van der Waals surface area (Å²) in [5.74, 6) is 0. The second-order valence-electron chi connectivity index (χ2n) is 1.06. The van der Waals surface area contributed by atoms with Crippen molar-refractivity contribution in [1.82, 2.24) is 0 Å². The number of hydrogen-bond donors (Lipinski definition) is 0. The maximum absolute atomic E-state index is 9.53. The predicted octanol–water partition coefficient (Wildman–Crippen LogP) is -2.85. The summed E-state index contributed by atoms with van der Waals surface area (Å²) in [5.41, 5.74) is 0. The van der Waals surface area contributed by atoms with Gasteiger partial charge in [0.25, 0.3) is 0 Å². The Morgan fingerprint density at radius 1 is 1.50 bits per heavy atom. The molecule has 0 aromatic rings. The molecule has 0 heterocycles. The quantitative estimate of drug-likeness (QED) is 0.477. The first-order valence-electron chi connectivity index (χ1n) is 2.00. The molecule has 0 aliphatic carbocycles. The molecule has 6 heavy (non-hydrogen) atoms. The molecule has 0 aliphatic rings. The fourth-order valence-corrected chi connectivity index (χ4v) is 0.144. The van der Waals surface area contributed by atoms with E-state index < -0.39 is 0 Å². The third-order valence-electron chi connectivity index (χ3n) is 0.498. The molecule has 0 unspecified atom stereocenters. The molecule has 0 aromatic heterocycles.